The van der Waals surface area contributed by atoms with Crippen molar-refractivity contribution in [3.05, 3.63) is 35.9 Å². The monoisotopic (exact) mass is 298 g/mol. The summed E-state index contributed by atoms with van der Waals surface area (Å²) < 4.78 is 31.8. The molecule has 1 aliphatic heterocycles. The summed E-state index contributed by atoms with van der Waals surface area (Å²) in [5.74, 6) is 0.0919. The first-order chi connectivity index (χ1) is 9.53. The number of hydrogen-bond acceptors (Lipinski definition) is 4. The van der Waals surface area contributed by atoms with Crippen LogP contribution in [0.25, 0.3) is 0 Å². The molecule has 1 aliphatic rings. The Morgan fingerprint density at radius 2 is 2.10 bits per heavy atom. The fourth-order valence-electron chi connectivity index (χ4n) is 2.39. The molecule has 0 aliphatic carbocycles. The van der Waals surface area contributed by atoms with E-state index in [0.29, 0.717) is 26.2 Å². The lowest BCUT2D eigenvalue weighted by atomic mass is 10.0. The molecule has 1 aromatic rings. The Labute approximate surface area is 120 Å². The molecule has 6 heteroatoms. The summed E-state index contributed by atoms with van der Waals surface area (Å²) in [6.45, 7) is 3.48. The highest BCUT2D eigenvalue weighted by Crippen LogP contribution is 2.20. The molecular formula is C14H22N2O3S. The molecule has 0 saturated carbocycles. The molecule has 1 aromatic carbocycles. The minimum Gasteiger partial charge on any atom is -0.374 e. The predicted octanol–water partition coefficient (Wildman–Crippen LogP) is 0.779. The van der Waals surface area contributed by atoms with Crippen LogP contribution in [0.2, 0.25) is 0 Å². The molecule has 1 fully saturated rings. The molecule has 0 amide bonds. The lowest BCUT2D eigenvalue weighted by molar-refractivity contribution is 0.00449. The fourth-order valence-corrected chi connectivity index (χ4v) is 4.17. The molecule has 0 spiro atoms. The van der Waals surface area contributed by atoms with Gasteiger partial charge in [-0.1, -0.05) is 37.3 Å². The minimum atomic E-state index is -3.28. The van der Waals surface area contributed by atoms with Gasteiger partial charge >= 0.3 is 0 Å². The van der Waals surface area contributed by atoms with Crippen LogP contribution < -0.4 is 5.73 Å². The van der Waals surface area contributed by atoms with Crippen molar-refractivity contribution in [3.8, 4) is 0 Å². The van der Waals surface area contributed by atoms with Crippen LogP contribution in [-0.4, -0.2) is 50.8 Å². The first kappa shape index (κ1) is 15.4. The molecule has 1 saturated heterocycles. The van der Waals surface area contributed by atoms with Crippen LogP contribution in [0.1, 0.15) is 18.4 Å². The first-order valence-corrected chi connectivity index (χ1v) is 8.48. The zero-order chi connectivity index (χ0) is 14.6. The number of morpholine rings is 1. The predicted molar refractivity (Wildman–Crippen MR) is 79.0 cm³/mol. The Balaban J connectivity index is 2.03. The van der Waals surface area contributed by atoms with Crippen LogP contribution in [0.3, 0.4) is 0 Å². The smallest absolute Gasteiger partial charge is 0.214 e. The Morgan fingerprint density at radius 3 is 2.75 bits per heavy atom. The molecule has 2 N–H and O–H groups in total. The van der Waals surface area contributed by atoms with Crippen molar-refractivity contribution < 1.29 is 13.2 Å². The van der Waals surface area contributed by atoms with Crippen LogP contribution in [0.4, 0.5) is 0 Å². The number of nitrogens with zero attached hydrogens (tertiary/aromatic N) is 1. The van der Waals surface area contributed by atoms with E-state index >= 15 is 0 Å². The van der Waals surface area contributed by atoms with Crippen LogP contribution in [0.15, 0.2) is 30.3 Å². The summed E-state index contributed by atoms with van der Waals surface area (Å²) in [6.07, 6.45) is -0.189. The molecule has 0 aromatic heterocycles. The standard InChI is InChI=1S/C14H22N2O3S/c1-12(13-5-3-2-4-6-13)11-20(17,18)16-7-8-19-14(9-15)10-16/h2-6,12,14H,7-11,15H2,1H3. The second kappa shape index (κ2) is 6.67. The average Bonchev–Trinajstić information content (AvgIpc) is 2.48. The Bertz CT molecular complexity index is 518. The van der Waals surface area contributed by atoms with Crippen LogP contribution >= 0.6 is 0 Å². The Kier molecular flexibility index (Phi) is 5.15. The third-order valence-electron chi connectivity index (χ3n) is 3.59. The van der Waals surface area contributed by atoms with E-state index in [9.17, 15) is 8.42 Å². The normalized spacial score (nSPS) is 22.6. The maximum absolute atomic E-state index is 12.5. The van der Waals surface area contributed by atoms with Crippen LogP contribution in [0.5, 0.6) is 0 Å². The molecule has 2 unspecified atom stereocenters. The van der Waals surface area contributed by atoms with E-state index in [1.165, 1.54) is 4.31 Å². The van der Waals surface area contributed by atoms with E-state index in [4.69, 9.17) is 10.5 Å². The van der Waals surface area contributed by atoms with Crippen LogP contribution in [-0.2, 0) is 14.8 Å². The third-order valence-corrected chi connectivity index (χ3v) is 5.63. The number of hydrogen-bond donors (Lipinski definition) is 1. The van der Waals surface area contributed by atoms with Gasteiger partial charge in [-0.15, -0.1) is 0 Å². The van der Waals surface area contributed by atoms with E-state index < -0.39 is 10.0 Å². The van der Waals surface area contributed by atoms with E-state index in [1.54, 1.807) is 0 Å². The largest absolute Gasteiger partial charge is 0.374 e. The van der Waals surface area contributed by atoms with Gasteiger partial charge in [0.05, 0.1) is 18.5 Å². The SMILES string of the molecule is CC(CS(=O)(=O)N1CCOC(CN)C1)c1ccccc1. The van der Waals surface area contributed by atoms with Gasteiger partial charge in [0.15, 0.2) is 0 Å². The Morgan fingerprint density at radius 1 is 1.40 bits per heavy atom. The first-order valence-electron chi connectivity index (χ1n) is 6.87. The topological polar surface area (TPSA) is 72.6 Å². The molecule has 1 heterocycles. The van der Waals surface area contributed by atoms with Gasteiger partial charge in [-0.3, -0.25) is 0 Å². The second-order valence-electron chi connectivity index (χ2n) is 5.18. The van der Waals surface area contributed by atoms with Crippen LogP contribution in [0, 0.1) is 0 Å². The van der Waals surface area contributed by atoms with Crippen molar-refractivity contribution >= 4 is 10.0 Å². The van der Waals surface area contributed by atoms with E-state index in [-0.39, 0.29) is 17.8 Å². The van der Waals surface area contributed by atoms with Gasteiger partial charge in [0.2, 0.25) is 10.0 Å². The summed E-state index contributed by atoms with van der Waals surface area (Å²) in [4.78, 5) is 0. The third kappa shape index (κ3) is 3.79. The number of benzene rings is 1. The van der Waals surface area contributed by atoms with Crippen molar-refractivity contribution in [1.82, 2.24) is 4.31 Å². The molecule has 0 radical (unpaired) electrons. The minimum absolute atomic E-state index is 0.0274. The van der Waals surface area contributed by atoms with Crippen molar-refractivity contribution in [2.24, 2.45) is 5.73 Å². The summed E-state index contributed by atoms with van der Waals surface area (Å²) in [5, 5.41) is 0. The van der Waals surface area contributed by atoms with E-state index in [2.05, 4.69) is 0 Å². The molecule has 5 nitrogen and oxygen atoms in total. The average molecular weight is 298 g/mol. The van der Waals surface area contributed by atoms with Gasteiger partial charge in [0, 0.05) is 19.6 Å². The molecule has 112 valence electrons. The zero-order valence-electron chi connectivity index (χ0n) is 11.7. The van der Waals surface area contributed by atoms with E-state index in [1.807, 2.05) is 37.3 Å². The number of rotatable bonds is 5. The summed E-state index contributed by atoms with van der Waals surface area (Å²) >= 11 is 0. The highest BCUT2D eigenvalue weighted by atomic mass is 32.2. The molecule has 0 bridgehead atoms. The van der Waals surface area contributed by atoms with Crippen molar-refractivity contribution in [3.63, 3.8) is 0 Å². The highest BCUT2D eigenvalue weighted by molar-refractivity contribution is 7.89. The molecule has 2 rings (SSSR count). The maximum Gasteiger partial charge on any atom is 0.214 e. The highest BCUT2D eigenvalue weighted by Gasteiger charge is 2.30. The molecular weight excluding hydrogens is 276 g/mol. The lowest BCUT2D eigenvalue weighted by Gasteiger charge is -2.32. The molecule has 20 heavy (non-hydrogen) atoms. The van der Waals surface area contributed by atoms with Crippen molar-refractivity contribution in [1.29, 1.82) is 0 Å². The van der Waals surface area contributed by atoms with Gasteiger partial charge in [-0.2, -0.15) is 4.31 Å². The quantitative estimate of drug-likeness (QED) is 0.872. The van der Waals surface area contributed by atoms with Gasteiger partial charge in [-0.25, -0.2) is 8.42 Å². The zero-order valence-corrected chi connectivity index (χ0v) is 12.6. The summed E-state index contributed by atoms with van der Waals surface area (Å²) in [7, 11) is -3.28. The van der Waals surface area contributed by atoms with Crippen molar-refractivity contribution in [2.45, 2.75) is 18.9 Å². The summed E-state index contributed by atoms with van der Waals surface area (Å²) in [5.41, 5.74) is 6.60. The number of nitrogens with two attached hydrogens (primary N) is 1. The maximum atomic E-state index is 12.5. The van der Waals surface area contributed by atoms with Gasteiger partial charge in [-0.05, 0) is 11.5 Å². The molecule has 2 atom stereocenters. The fraction of sp³-hybridized carbons (Fsp3) is 0.571. The second-order valence-corrected chi connectivity index (χ2v) is 7.19. The summed E-state index contributed by atoms with van der Waals surface area (Å²) in [6, 6.07) is 9.71. The van der Waals surface area contributed by atoms with Crippen molar-refractivity contribution in [2.75, 3.05) is 32.0 Å². The number of ether oxygens (including phenoxy) is 1. The Hall–Kier alpha value is -0.950. The van der Waals surface area contributed by atoms with Gasteiger partial charge in [0.1, 0.15) is 0 Å². The van der Waals surface area contributed by atoms with E-state index in [0.717, 1.165) is 5.56 Å². The van der Waals surface area contributed by atoms with Gasteiger partial charge in [0.25, 0.3) is 0 Å². The lowest BCUT2D eigenvalue weighted by Crippen LogP contribution is -2.49. The number of sulfonamides is 1. The van der Waals surface area contributed by atoms with Gasteiger partial charge < -0.3 is 10.5 Å².